The van der Waals surface area contributed by atoms with E-state index in [4.69, 9.17) is 4.74 Å². The summed E-state index contributed by atoms with van der Waals surface area (Å²) in [5.41, 5.74) is -0.693. The van der Waals surface area contributed by atoms with Crippen molar-refractivity contribution >= 4 is 18.1 Å². The van der Waals surface area contributed by atoms with E-state index in [1.54, 1.807) is 4.90 Å². The van der Waals surface area contributed by atoms with Gasteiger partial charge in [-0.05, 0) is 25.7 Å². The number of carbonyl (C=O) groups excluding carboxylic acids is 3. The molecule has 9 heteroatoms. The molecule has 3 amide bonds. The Bertz CT molecular complexity index is 663. The third-order valence-corrected chi connectivity index (χ3v) is 6.95. The summed E-state index contributed by atoms with van der Waals surface area (Å²) < 4.78 is 9.96. The highest BCUT2D eigenvalue weighted by Gasteiger charge is 2.76. The summed E-state index contributed by atoms with van der Waals surface area (Å²) >= 11 is 0. The third-order valence-electron chi connectivity index (χ3n) is 6.95. The lowest BCUT2D eigenvalue weighted by Gasteiger charge is -2.73. The summed E-state index contributed by atoms with van der Waals surface area (Å²) in [6.45, 7) is 4.53. The van der Waals surface area contributed by atoms with Crippen molar-refractivity contribution in [1.29, 1.82) is 0 Å². The molecule has 0 radical (unpaired) electrons. The number of rotatable bonds is 6. The lowest BCUT2D eigenvalue weighted by Crippen LogP contribution is -2.79. The van der Waals surface area contributed by atoms with Gasteiger partial charge in [-0.1, -0.05) is 13.3 Å². The van der Waals surface area contributed by atoms with Crippen molar-refractivity contribution in [2.24, 2.45) is 5.41 Å². The molecule has 0 aromatic carbocycles. The fourth-order valence-electron chi connectivity index (χ4n) is 5.41. The Balaban J connectivity index is 1.34. The highest BCUT2D eigenvalue weighted by molar-refractivity contribution is 5.81. The number of hydrogen-bond donors (Lipinski definition) is 1. The quantitative estimate of drug-likeness (QED) is 0.528. The van der Waals surface area contributed by atoms with Crippen LogP contribution in [0.3, 0.4) is 0 Å². The number of ether oxygens (including phenoxy) is 2. The van der Waals surface area contributed by atoms with E-state index in [2.05, 4.69) is 4.74 Å². The molecule has 0 spiro atoms. The number of urea groups is 1. The predicted octanol–water partition coefficient (Wildman–Crippen LogP) is 0.802. The molecular formula is C19H29N3O6. The fraction of sp³-hybridized carbons (Fsp3) is 0.842. The number of fused-ring (bicyclic) bond motifs is 1. The van der Waals surface area contributed by atoms with E-state index >= 15 is 0 Å². The van der Waals surface area contributed by atoms with E-state index in [0.29, 0.717) is 52.0 Å². The summed E-state index contributed by atoms with van der Waals surface area (Å²) in [7, 11) is 1.27. The SMILES string of the molecule is CCCCOC(=O)N1CCN2C(=O)N(C34CC(C(O)C(=O)OC)(C3)C4)C[C@@H]2C1. The second-order valence-corrected chi connectivity index (χ2v) is 8.70. The summed E-state index contributed by atoms with van der Waals surface area (Å²) in [6, 6.07) is -0.0275. The van der Waals surface area contributed by atoms with Gasteiger partial charge in [0.2, 0.25) is 0 Å². The van der Waals surface area contributed by atoms with Gasteiger partial charge in [-0.15, -0.1) is 0 Å². The smallest absolute Gasteiger partial charge is 0.409 e. The van der Waals surface area contributed by atoms with E-state index < -0.39 is 17.5 Å². The highest BCUT2D eigenvalue weighted by atomic mass is 16.6. The predicted molar refractivity (Wildman–Crippen MR) is 97.5 cm³/mol. The minimum atomic E-state index is -1.12. The standard InChI is InChI=1S/C19H29N3O6/c1-3-4-7-28-17(26)20-5-6-21-13(8-20)9-22(16(21)25)19-10-18(11-19,12-19)14(23)15(24)27-2/h13-14,23H,3-12H2,1-2H3/t13-,14?,18?,19?/m0/s1. The van der Waals surface area contributed by atoms with E-state index in [9.17, 15) is 19.5 Å². The molecule has 2 heterocycles. The number of aliphatic hydroxyl groups excluding tert-OH is 1. The van der Waals surface area contributed by atoms with E-state index in [1.807, 2.05) is 16.7 Å². The maximum absolute atomic E-state index is 12.9. The average Bonchev–Trinajstić information content (AvgIpc) is 2.95. The lowest BCUT2D eigenvalue weighted by atomic mass is 9.37. The number of carbonyl (C=O) groups is 3. The van der Waals surface area contributed by atoms with E-state index in [-0.39, 0.29) is 23.7 Å². The van der Waals surface area contributed by atoms with Crippen LogP contribution in [-0.2, 0) is 14.3 Å². The number of unbranched alkanes of at least 4 members (excludes halogenated alkanes) is 1. The molecule has 3 saturated carbocycles. The Morgan fingerprint density at radius 2 is 1.96 bits per heavy atom. The van der Waals surface area contributed by atoms with Gasteiger partial charge in [0.15, 0.2) is 6.10 Å². The molecule has 5 rings (SSSR count). The van der Waals surface area contributed by atoms with Gasteiger partial charge in [0.25, 0.3) is 0 Å². The fourth-order valence-corrected chi connectivity index (χ4v) is 5.41. The number of amides is 3. The van der Waals surface area contributed by atoms with Gasteiger partial charge < -0.3 is 29.3 Å². The number of hydrogen-bond acceptors (Lipinski definition) is 6. The molecule has 2 aliphatic heterocycles. The Kier molecular flexibility index (Phi) is 4.68. The molecule has 2 atom stereocenters. The van der Waals surface area contributed by atoms with Gasteiger partial charge in [-0.3, -0.25) is 0 Å². The van der Waals surface area contributed by atoms with Crippen LogP contribution >= 0.6 is 0 Å². The van der Waals surface area contributed by atoms with Crippen molar-refractivity contribution < 1.29 is 29.0 Å². The molecule has 5 aliphatic rings. The first-order valence-electron chi connectivity index (χ1n) is 10.1. The van der Waals surface area contributed by atoms with Crippen molar-refractivity contribution in [2.45, 2.75) is 56.7 Å². The van der Waals surface area contributed by atoms with Crippen LogP contribution in [0.25, 0.3) is 0 Å². The number of piperazine rings is 1. The minimum absolute atomic E-state index is 0.00450. The Labute approximate surface area is 164 Å². The first-order chi connectivity index (χ1) is 13.4. The van der Waals surface area contributed by atoms with Crippen LogP contribution in [0.15, 0.2) is 0 Å². The van der Waals surface area contributed by atoms with Gasteiger partial charge in [0.05, 0.1) is 19.8 Å². The van der Waals surface area contributed by atoms with Crippen molar-refractivity contribution in [3.63, 3.8) is 0 Å². The molecule has 2 saturated heterocycles. The van der Waals surface area contributed by atoms with Gasteiger partial charge >= 0.3 is 18.1 Å². The number of esters is 1. The molecule has 2 bridgehead atoms. The third kappa shape index (κ3) is 2.74. The Hall–Kier alpha value is -2.03. The van der Waals surface area contributed by atoms with E-state index in [0.717, 1.165) is 12.8 Å². The van der Waals surface area contributed by atoms with E-state index in [1.165, 1.54) is 7.11 Å². The van der Waals surface area contributed by atoms with Crippen LogP contribution < -0.4 is 0 Å². The molecule has 5 fully saturated rings. The monoisotopic (exact) mass is 395 g/mol. The molecule has 9 nitrogen and oxygen atoms in total. The zero-order valence-corrected chi connectivity index (χ0v) is 16.6. The largest absolute Gasteiger partial charge is 0.467 e. The second kappa shape index (κ2) is 6.79. The van der Waals surface area contributed by atoms with Crippen LogP contribution in [0.2, 0.25) is 0 Å². The Morgan fingerprint density at radius 1 is 1.25 bits per heavy atom. The van der Waals surface area contributed by atoms with Crippen LogP contribution in [0, 0.1) is 5.41 Å². The number of methoxy groups -OCH3 is 1. The topological polar surface area (TPSA) is 99.6 Å². The first kappa shape index (κ1) is 19.3. The van der Waals surface area contributed by atoms with Crippen LogP contribution in [0.4, 0.5) is 9.59 Å². The van der Waals surface area contributed by atoms with Crippen molar-refractivity contribution in [3.05, 3.63) is 0 Å². The first-order valence-corrected chi connectivity index (χ1v) is 10.1. The zero-order chi connectivity index (χ0) is 20.1. The lowest BCUT2D eigenvalue weighted by molar-refractivity contribution is -0.250. The van der Waals surface area contributed by atoms with Gasteiger partial charge in [0, 0.05) is 37.1 Å². The van der Waals surface area contributed by atoms with Crippen LogP contribution in [0.5, 0.6) is 0 Å². The summed E-state index contributed by atoms with van der Waals surface area (Å²) in [6.07, 6.45) is 2.30. The van der Waals surface area contributed by atoms with Crippen molar-refractivity contribution in [1.82, 2.24) is 14.7 Å². The highest BCUT2D eigenvalue weighted by Crippen LogP contribution is 2.72. The second-order valence-electron chi connectivity index (χ2n) is 8.70. The zero-order valence-electron chi connectivity index (χ0n) is 16.6. The maximum atomic E-state index is 12.9. The molecule has 0 aromatic heterocycles. The number of aliphatic hydroxyl groups is 1. The number of nitrogens with zero attached hydrogens (tertiary/aromatic N) is 3. The van der Waals surface area contributed by atoms with Gasteiger partial charge in [-0.2, -0.15) is 0 Å². The average molecular weight is 395 g/mol. The van der Waals surface area contributed by atoms with Crippen LogP contribution in [-0.4, -0.2) is 95.5 Å². The molecule has 28 heavy (non-hydrogen) atoms. The van der Waals surface area contributed by atoms with Gasteiger partial charge in [-0.25, -0.2) is 14.4 Å². The molecular weight excluding hydrogens is 366 g/mol. The van der Waals surface area contributed by atoms with Crippen molar-refractivity contribution in [2.75, 3.05) is 39.9 Å². The molecule has 156 valence electrons. The molecule has 0 aromatic rings. The minimum Gasteiger partial charge on any atom is -0.467 e. The normalized spacial score (nSPS) is 34.3. The Morgan fingerprint density at radius 3 is 2.61 bits per heavy atom. The maximum Gasteiger partial charge on any atom is 0.409 e. The summed E-state index contributed by atoms with van der Waals surface area (Å²) in [5.74, 6) is -0.601. The summed E-state index contributed by atoms with van der Waals surface area (Å²) in [4.78, 5) is 42.2. The van der Waals surface area contributed by atoms with Crippen LogP contribution in [0.1, 0.15) is 39.0 Å². The van der Waals surface area contributed by atoms with Crippen molar-refractivity contribution in [3.8, 4) is 0 Å². The van der Waals surface area contributed by atoms with Gasteiger partial charge in [0.1, 0.15) is 0 Å². The summed E-state index contributed by atoms with van der Waals surface area (Å²) in [5, 5.41) is 10.2. The molecule has 3 aliphatic carbocycles. The molecule has 1 unspecified atom stereocenters. The molecule has 1 N–H and O–H groups in total.